The molecule has 2 aromatic heterocycles. The number of aromatic nitrogens is 4. The highest BCUT2D eigenvalue weighted by atomic mass is 32.1. The monoisotopic (exact) mass is 253 g/mol. The normalized spacial score (nSPS) is 12.1. The van der Waals surface area contributed by atoms with Gasteiger partial charge in [0.05, 0.1) is 18.1 Å². The summed E-state index contributed by atoms with van der Waals surface area (Å²) in [6.07, 6.45) is 1.51. The van der Waals surface area contributed by atoms with Gasteiger partial charge in [-0.1, -0.05) is 4.49 Å². The third-order valence-corrected chi connectivity index (χ3v) is 2.68. The minimum absolute atomic E-state index is 0.0505. The van der Waals surface area contributed by atoms with Crippen LogP contribution >= 0.6 is 11.5 Å². The van der Waals surface area contributed by atoms with Gasteiger partial charge in [-0.2, -0.15) is 10.2 Å². The van der Waals surface area contributed by atoms with Gasteiger partial charge in [-0.3, -0.25) is 4.79 Å². The van der Waals surface area contributed by atoms with Gasteiger partial charge in [0.15, 0.2) is 0 Å². The highest BCUT2D eigenvalue weighted by Gasteiger charge is 2.20. The zero-order valence-corrected chi connectivity index (χ0v) is 9.61. The summed E-state index contributed by atoms with van der Waals surface area (Å²) in [6.45, 7) is 1.31. The van der Waals surface area contributed by atoms with Gasteiger partial charge in [-0.05, 0) is 24.5 Å². The summed E-state index contributed by atoms with van der Waals surface area (Å²) in [5.74, 6) is -0.451. The zero-order chi connectivity index (χ0) is 12.3. The van der Waals surface area contributed by atoms with Crippen molar-refractivity contribution in [1.29, 1.82) is 0 Å². The zero-order valence-electron chi connectivity index (χ0n) is 8.79. The molecule has 0 spiro atoms. The van der Waals surface area contributed by atoms with Crippen molar-refractivity contribution >= 4 is 23.1 Å². The van der Waals surface area contributed by atoms with Crippen molar-refractivity contribution in [1.82, 2.24) is 19.8 Å². The molecule has 0 fully saturated rings. The molecule has 0 saturated carbocycles. The fourth-order valence-corrected chi connectivity index (χ4v) is 1.81. The Bertz CT molecular complexity index is 515. The molecule has 0 radical (unpaired) electrons. The molecule has 0 saturated heterocycles. The summed E-state index contributed by atoms with van der Waals surface area (Å²) in [5.41, 5.74) is 0.533. The third-order valence-electron chi connectivity index (χ3n) is 1.94. The van der Waals surface area contributed by atoms with E-state index >= 15 is 0 Å². The smallest absolute Gasteiger partial charge is 0.269 e. The standard InChI is InChI=1S/C9H8FN5OS/c1-5(10)7-8(17-15-14-7)9(16)13-6-2-3-11-12-4-6/h2-5H,1H3,(H,11,13,16). The molecule has 6 nitrogen and oxygen atoms in total. The average Bonchev–Trinajstić information content (AvgIpc) is 2.79. The molecule has 0 aliphatic heterocycles. The van der Waals surface area contributed by atoms with E-state index in [1.807, 2.05) is 0 Å². The largest absolute Gasteiger partial charge is 0.320 e. The SMILES string of the molecule is CC(F)c1nnsc1C(=O)Nc1ccnnc1. The van der Waals surface area contributed by atoms with E-state index in [4.69, 9.17) is 0 Å². The lowest BCUT2D eigenvalue weighted by molar-refractivity contribution is 0.102. The van der Waals surface area contributed by atoms with Crippen LogP contribution in [0.1, 0.15) is 28.5 Å². The quantitative estimate of drug-likeness (QED) is 0.898. The predicted octanol–water partition coefficient (Wildman–Crippen LogP) is 1.61. The average molecular weight is 253 g/mol. The van der Waals surface area contributed by atoms with E-state index in [2.05, 4.69) is 25.1 Å². The molecule has 2 heterocycles. The first-order chi connectivity index (χ1) is 8.18. The van der Waals surface area contributed by atoms with Crippen LogP contribution in [0.2, 0.25) is 0 Å². The van der Waals surface area contributed by atoms with Crippen LogP contribution in [-0.4, -0.2) is 25.7 Å². The molecule has 0 aliphatic carbocycles. The molecule has 17 heavy (non-hydrogen) atoms. The third kappa shape index (κ3) is 2.59. The number of halogens is 1. The van der Waals surface area contributed by atoms with E-state index in [1.54, 1.807) is 6.07 Å². The molecule has 1 atom stereocenters. The van der Waals surface area contributed by atoms with Crippen molar-refractivity contribution in [2.24, 2.45) is 0 Å². The van der Waals surface area contributed by atoms with Crippen LogP contribution < -0.4 is 5.32 Å². The summed E-state index contributed by atoms with van der Waals surface area (Å²) >= 11 is 0.856. The molecule has 1 amide bonds. The van der Waals surface area contributed by atoms with Gasteiger partial charge in [0, 0.05) is 0 Å². The Morgan fingerprint density at radius 1 is 1.53 bits per heavy atom. The van der Waals surface area contributed by atoms with Gasteiger partial charge in [-0.25, -0.2) is 4.39 Å². The number of hydrogen-bond acceptors (Lipinski definition) is 6. The van der Waals surface area contributed by atoms with Gasteiger partial charge < -0.3 is 5.32 Å². The maximum atomic E-state index is 13.1. The van der Waals surface area contributed by atoms with Crippen LogP contribution in [0, 0.1) is 0 Å². The maximum absolute atomic E-state index is 13.1. The number of nitrogens with zero attached hydrogens (tertiary/aromatic N) is 4. The number of carbonyl (C=O) groups excluding carboxylic acids is 1. The lowest BCUT2D eigenvalue weighted by atomic mass is 10.2. The molecule has 1 N–H and O–H groups in total. The van der Waals surface area contributed by atoms with Crippen molar-refractivity contribution < 1.29 is 9.18 Å². The van der Waals surface area contributed by atoms with Crippen LogP contribution in [0.5, 0.6) is 0 Å². The minimum atomic E-state index is -1.33. The second-order valence-electron chi connectivity index (χ2n) is 3.19. The molecular formula is C9H8FN5OS. The highest BCUT2D eigenvalue weighted by molar-refractivity contribution is 7.08. The first-order valence-electron chi connectivity index (χ1n) is 4.73. The van der Waals surface area contributed by atoms with E-state index in [9.17, 15) is 9.18 Å². The van der Waals surface area contributed by atoms with Gasteiger partial charge in [-0.15, -0.1) is 5.10 Å². The molecular weight excluding hydrogens is 245 g/mol. The van der Waals surface area contributed by atoms with Crippen LogP contribution in [-0.2, 0) is 0 Å². The molecule has 8 heteroatoms. The number of alkyl halides is 1. The van der Waals surface area contributed by atoms with E-state index in [0.717, 1.165) is 11.5 Å². The lowest BCUT2D eigenvalue weighted by Gasteiger charge is -2.03. The lowest BCUT2D eigenvalue weighted by Crippen LogP contribution is -2.13. The van der Waals surface area contributed by atoms with Crippen molar-refractivity contribution in [2.45, 2.75) is 13.1 Å². The first-order valence-corrected chi connectivity index (χ1v) is 5.50. The summed E-state index contributed by atoms with van der Waals surface area (Å²) in [5, 5.41) is 13.3. The van der Waals surface area contributed by atoms with Crippen LogP contribution in [0.4, 0.5) is 10.1 Å². The summed E-state index contributed by atoms with van der Waals surface area (Å²) < 4.78 is 16.7. The first kappa shape index (κ1) is 11.5. The topological polar surface area (TPSA) is 80.7 Å². The Balaban J connectivity index is 2.18. The van der Waals surface area contributed by atoms with Crippen molar-refractivity contribution in [3.05, 3.63) is 29.0 Å². The number of nitrogens with one attached hydrogen (secondary N) is 1. The second kappa shape index (κ2) is 4.91. The Hall–Kier alpha value is -1.96. The fourth-order valence-electron chi connectivity index (χ4n) is 1.17. The van der Waals surface area contributed by atoms with E-state index < -0.39 is 12.1 Å². The Kier molecular flexibility index (Phi) is 3.33. The minimum Gasteiger partial charge on any atom is -0.320 e. The Labute approximate surface area is 100 Å². The molecule has 0 bridgehead atoms. The van der Waals surface area contributed by atoms with Crippen LogP contribution in [0.25, 0.3) is 0 Å². The van der Waals surface area contributed by atoms with Gasteiger partial charge in [0.25, 0.3) is 5.91 Å². The fraction of sp³-hybridized carbons (Fsp3) is 0.222. The Morgan fingerprint density at radius 2 is 2.35 bits per heavy atom. The molecule has 0 aliphatic rings. The maximum Gasteiger partial charge on any atom is 0.269 e. The molecule has 88 valence electrons. The van der Waals surface area contributed by atoms with Crippen molar-refractivity contribution in [3.8, 4) is 0 Å². The number of hydrogen-bond donors (Lipinski definition) is 1. The van der Waals surface area contributed by atoms with Crippen molar-refractivity contribution in [3.63, 3.8) is 0 Å². The molecule has 2 aromatic rings. The van der Waals surface area contributed by atoms with E-state index in [1.165, 1.54) is 19.3 Å². The van der Waals surface area contributed by atoms with E-state index in [-0.39, 0.29) is 10.6 Å². The Morgan fingerprint density at radius 3 is 3.00 bits per heavy atom. The number of anilines is 1. The summed E-state index contributed by atoms with van der Waals surface area (Å²) in [4.78, 5) is 12.0. The van der Waals surface area contributed by atoms with Crippen LogP contribution in [0.3, 0.4) is 0 Å². The van der Waals surface area contributed by atoms with Gasteiger partial charge in [0.2, 0.25) is 0 Å². The second-order valence-corrected chi connectivity index (χ2v) is 3.94. The number of carbonyl (C=O) groups is 1. The highest BCUT2D eigenvalue weighted by Crippen LogP contribution is 2.22. The summed E-state index contributed by atoms with van der Waals surface area (Å²) in [7, 11) is 0. The van der Waals surface area contributed by atoms with Crippen LogP contribution in [0.15, 0.2) is 18.5 Å². The predicted molar refractivity (Wildman–Crippen MR) is 59.4 cm³/mol. The van der Waals surface area contributed by atoms with Gasteiger partial charge in [0.1, 0.15) is 16.7 Å². The number of rotatable bonds is 3. The molecule has 2 rings (SSSR count). The summed E-state index contributed by atoms with van der Waals surface area (Å²) in [6, 6.07) is 1.58. The molecule has 0 aromatic carbocycles. The van der Waals surface area contributed by atoms with Crippen molar-refractivity contribution in [2.75, 3.05) is 5.32 Å². The van der Waals surface area contributed by atoms with E-state index in [0.29, 0.717) is 5.69 Å². The van der Waals surface area contributed by atoms with Gasteiger partial charge >= 0.3 is 0 Å². The molecule has 1 unspecified atom stereocenters. The number of amides is 1.